The summed E-state index contributed by atoms with van der Waals surface area (Å²) in [4.78, 5) is 46.0. The van der Waals surface area contributed by atoms with Crippen molar-refractivity contribution in [3.63, 3.8) is 0 Å². The summed E-state index contributed by atoms with van der Waals surface area (Å²) in [7, 11) is 1.34. The molecule has 5 rings (SSSR count). The molecule has 0 saturated heterocycles. The zero-order chi connectivity index (χ0) is 41.4. The fourth-order valence-corrected chi connectivity index (χ4v) is 6.76. The molecule has 5 aromatic rings. The lowest BCUT2D eigenvalue weighted by Crippen LogP contribution is -2.42. The van der Waals surface area contributed by atoms with Crippen molar-refractivity contribution in [2.24, 2.45) is 5.73 Å². The number of nitrogens with two attached hydrogens (primary N) is 1. The standard InChI is InChI=1S/C23H17BrCl2N2O3S.C11H15NO2.C7H5BrO2.CH4/c24-16-5-2-1-4-15(16)22(32)28-19(23(30)31)12-13-8-10-14(11-9-13)27-21(29)20-17(25)6-3-7-18(20)26;1-8-3-5-9(6-4-8)7-10(12)11(13)14-2;8-6-4-2-1-3-5(6)7(9)10;/h1-11,19H,12H2,(H,27,29)(H,28,32)(H,30,31);3-6,10H,7,12H2,1-2H3;1-4H,(H,9,10);1H4. The summed E-state index contributed by atoms with van der Waals surface area (Å²) < 4.78 is 5.94. The lowest BCUT2D eigenvalue weighted by atomic mass is 10.0. The molecule has 0 spiro atoms. The van der Waals surface area contributed by atoms with Gasteiger partial charge in [-0.25, -0.2) is 9.59 Å². The van der Waals surface area contributed by atoms with Crippen LogP contribution in [0.3, 0.4) is 0 Å². The van der Waals surface area contributed by atoms with E-state index in [9.17, 15) is 24.3 Å². The third-order valence-corrected chi connectivity index (χ3v) is 10.1. The van der Waals surface area contributed by atoms with Crippen molar-refractivity contribution in [2.45, 2.75) is 39.3 Å². The number of carbonyl (C=O) groups is 4. The first-order valence-electron chi connectivity index (χ1n) is 16.6. The van der Waals surface area contributed by atoms with Gasteiger partial charge in [0, 0.05) is 26.6 Å². The van der Waals surface area contributed by atoms with Gasteiger partial charge in [-0.2, -0.15) is 0 Å². The number of benzene rings is 5. The van der Waals surface area contributed by atoms with Crippen molar-refractivity contribution >= 4 is 102 Å². The summed E-state index contributed by atoms with van der Waals surface area (Å²) in [5.41, 5.74) is 10.3. The monoisotopic (exact) mass is 959 g/mol. The number of hydrogen-bond donors (Lipinski definition) is 5. The number of halogens is 4. The normalized spacial score (nSPS) is 11.1. The fourth-order valence-electron chi connectivity index (χ4n) is 4.80. The zero-order valence-corrected chi connectivity index (χ0v) is 35.5. The molecule has 15 heteroatoms. The molecular weight excluding hydrogens is 921 g/mol. The number of esters is 1. The fraction of sp³-hybridized carbons (Fsp3) is 0.167. The molecule has 2 unspecified atom stereocenters. The molecule has 6 N–H and O–H groups in total. The number of nitrogens with one attached hydrogen (secondary N) is 2. The van der Waals surface area contributed by atoms with E-state index >= 15 is 0 Å². The molecule has 0 bridgehead atoms. The lowest BCUT2D eigenvalue weighted by Gasteiger charge is -2.17. The maximum Gasteiger partial charge on any atom is 0.336 e. The number of aryl methyl sites for hydroxylation is 1. The number of thiocarbonyl (C=S) groups is 1. The van der Waals surface area contributed by atoms with E-state index in [1.807, 2.05) is 49.4 Å². The van der Waals surface area contributed by atoms with E-state index in [-0.39, 0.29) is 35.4 Å². The van der Waals surface area contributed by atoms with Crippen LogP contribution in [0.2, 0.25) is 10.0 Å². The Morgan fingerprint density at radius 1 is 0.754 bits per heavy atom. The third-order valence-electron chi connectivity index (χ3n) is 7.75. The molecular formula is C42H41Br2Cl2N3O7S. The number of amides is 1. The number of hydrogen-bond acceptors (Lipinski definition) is 7. The van der Waals surface area contributed by atoms with E-state index in [0.29, 0.717) is 32.7 Å². The molecule has 0 aliphatic rings. The van der Waals surface area contributed by atoms with Gasteiger partial charge in [0.05, 0.1) is 28.3 Å². The molecule has 1 amide bonds. The van der Waals surface area contributed by atoms with Gasteiger partial charge in [0.25, 0.3) is 5.91 Å². The van der Waals surface area contributed by atoms with Crippen molar-refractivity contribution in [3.8, 4) is 0 Å². The van der Waals surface area contributed by atoms with Crippen LogP contribution < -0.4 is 16.4 Å². The van der Waals surface area contributed by atoms with Crippen LogP contribution >= 0.6 is 67.3 Å². The number of rotatable bonds is 11. The first-order valence-corrected chi connectivity index (χ1v) is 19.4. The van der Waals surface area contributed by atoms with Crippen LogP contribution in [0.4, 0.5) is 5.69 Å². The Balaban J connectivity index is 0.000000367. The van der Waals surface area contributed by atoms with Crippen molar-refractivity contribution < 1.29 is 34.1 Å². The van der Waals surface area contributed by atoms with Gasteiger partial charge < -0.3 is 31.3 Å². The second-order valence-corrected chi connectivity index (χ2v) is 14.8. The molecule has 2 atom stereocenters. The van der Waals surface area contributed by atoms with Crippen molar-refractivity contribution in [2.75, 3.05) is 12.4 Å². The maximum absolute atomic E-state index is 12.5. The summed E-state index contributed by atoms with van der Waals surface area (Å²) in [6.45, 7) is 2.02. The average molecular weight is 963 g/mol. The topological polar surface area (TPSA) is 168 Å². The molecule has 0 radical (unpaired) electrons. The summed E-state index contributed by atoms with van der Waals surface area (Å²) in [6, 6.07) is 32.2. The molecule has 57 heavy (non-hydrogen) atoms. The van der Waals surface area contributed by atoms with E-state index in [4.69, 9.17) is 46.3 Å². The molecule has 0 heterocycles. The molecule has 0 aliphatic heterocycles. The number of methoxy groups -OCH3 is 1. The summed E-state index contributed by atoms with van der Waals surface area (Å²) >= 11 is 24.1. The molecule has 0 fully saturated rings. The van der Waals surface area contributed by atoms with E-state index in [1.165, 1.54) is 12.7 Å². The Morgan fingerprint density at radius 3 is 1.72 bits per heavy atom. The minimum Gasteiger partial charge on any atom is -0.480 e. The minimum absolute atomic E-state index is 0. The Morgan fingerprint density at radius 2 is 1.25 bits per heavy atom. The second kappa shape index (κ2) is 24.2. The van der Waals surface area contributed by atoms with Crippen LogP contribution in [0.15, 0.2) is 124 Å². The highest BCUT2D eigenvalue weighted by Gasteiger charge is 2.21. The van der Waals surface area contributed by atoms with Gasteiger partial charge in [-0.15, -0.1) is 0 Å². The number of carboxylic acids is 2. The number of carbonyl (C=O) groups excluding carboxylic acids is 2. The van der Waals surface area contributed by atoms with Gasteiger partial charge in [-0.1, -0.05) is 137 Å². The number of anilines is 1. The molecule has 0 aromatic heterocycles. The van der Waals surface area contributed by atoms with Crippen molar-refractivity contribution in [1.82, 2.24) is 5.32 Å². The van der Waals surface area contributed by atoms with Gasteiger partial charge in [-0.3, -0.25) is 9.59 Å². The van der Waals surface area contributed by atoms with Crippen molar-refractivity contribution in [1.29, 1.82) is 0 Å². The Bertz CT molecular complexity index is 2140. The predicted molar refractivity (Wildman–Crippen MR) is 238 cm³/mol. The number of aromatic carboxylic acids is 1. The van der Waals surface area contributed by atoms with Gasteiger partial charge in [0.15, 0.2) is 0 Å². The Labute approximate surface area is 364 Å². The molecule has 5 aromatic carbocycles. The van der Waals surface area contributed by atoms with Gasteiger partial charge >= 0.3 is 17.9 Å². The number of carboxylic acid groups (broad SMARTS) is 2. The minimum atomic E-state index is -1.02. The third kappa shape index (κ3) is 15.7. The van der Waals surface area contributed by atoms with E-state index in [1.54, 1.807) is 72.8 Å². The van der Waals surface area contributed by atoms with Gasteiger partial charge in [-0.05, 0) is 82.9 Å². The highest BCUT2D eigenvalue weighted by molar-refractivity contribution is 9.10. The summed E-state index contributed by atoms with van der Waals surface area (Å²) in [5.74, 6) is -2.74. The highest BCUT2D eigenvalue weighted by Crippen LogP contribution is 2.25. The largest absolute Gasteiger partial charge is 0.480 e. The Hall–Kier alpha value is -4.63. The van der Waals surface area contributed by atoms with Crippen LogP contribution in [0.25, 0.3) is 0 Å². The maximum atomic E-state index is 12.5. The van der Waals surface area contributed by atoms with E-state index in [0.717, 1.165) is 15.6 Å². The molecule has 10 nitrogen and oxygen atoms in total. The highest BCUT2D eigenvalue weighted by atomic mass is 79.9. The van der Waals surface area contributed by atoms with Gasteiger partial charge in [0.1, 0.15) is 17.1 Å². The smallest absolute Gasteiger partial charge is 0.336 e. The first-order chi connectivity index (χ1) is 26.6. The lowest BCUT2D eigenvalue weighted by molar-refractivity contribution is -0.142. The van der Waals surface area contributed by atoms with Crippen LogP contribution in [-0.2, 0) is 27.2 Å². The SMILES string of the molecule is C.COC(=O)C(N)Cc1ccc(C)cc1.O=C(Nc1ccc(CC(NC(=S)c2ccccc2Br)C(=O)O)cc1)c1c(Cl)cccc1Cl.O=C(O)c1ccccc1Br. The average Bonchev–Trinajstić information content (AvgIpc) is 3.16. The van der Waals surface area contributed by atoms with Crippen LogP contribution in [0.1, 0.15) is 50.4 Å². The first kappa shape index (κ1) is 48.5. The zero-order valence-electron chi connectivity index (χ0n) is 30.0. The van der Waals surface area contributed by atoms with Crippen molar-refractivity contribution in [3.05, 3.63) is 168 Å². The predicted octanol–water partition coefficient (Wildman–Crippen LogP) is 9.79. The molecule has 0 aliphatic carbocycles. The van der Waals surface area contributed by atoms with Crippen LogP contribution in [0.5, 0.6) is 0 Å². The van der Waals surface area contributed by atoms with E-state index < -0.39 is 29.9 Å². The number of aliphatic carboxylic acids is 1. The molecule has 0 saturated carbocycles. The van der Waals surface area contributed by atoms with Gasteiger partial charge in [0.2, 0.25) is 0 Å². The van der Waals surface area contributed by atoms with E-state index in [2.05, 4.69) is 47.2 Å². The number of ether oxygens (including phenoxy) is 1. The van der Waals surface area contributed by atoms with Crippen LogP contribution in [-0.4, -0.2) is 58.2 Å². The summed E-state index contributed by atoms with van der Waals surface area (Å²) in [6.07, 6.45) is 0.720. The second-order valence-electron chi connectivity index (χ2n) is 11.9. The van der Waals surface area contributed by atoms with Crippen LogP contribution in [0, 0.1) is 6.92 Å². The molecule has 300 valence electrons. The summed E-state index contributed by atoms with van der Waals surface area (Å²) in [5, 5.41) is 24.3. The quantitative estimate of drug-likeness (QED) is 0.0635. The Kier molecular flexibility index (Phi) is 20.6.